The zero-order chi connectivity index (χ0) is 10.0. The normalized spacial score (nSPS) is 10.2. The van der Waals surface area contributed by atoms with Gasteiger partial charge in [0.1, 0.15) is 11.9 Å². The third kappa shape index (κ3) is 1.78. The maximum Gasteiger partial charge on any atom is 0.269 e. The number of halogens is 3. The molecule has 1 aromatic heterocycles. The van der Waals surface area contributed by atoms with Crippen LogP contribution < -0.4 is 0 Å². The van der Waals surface area contributed by atoms with Crippen molar-refractivity contribution in [3.63, 3.8) is 0 Å². The van der Waals surface area contributed by atoms with E-state index in [2.05, 4.69) is 4.98 Å². The Kier molecular flexibility index (Phi) is 2.52. The smallest absolute Gasteiger partial charge is 0.242 e. The SMILES string of the molecule is Cc1cc(F)c(C(F)F)c(C#N)n1. The summed E-state index contributed by atoms with van der Waals surface area (Å²) in [6.45, 7) is 1.43. The highest BCUT2D eigenvalue weighted by atomic mass is 19.3. The molecule has 0 amide bonds. The first-order chi connectivity index (χ1) is 6.06. The fourth-order valence-electron chi connectivity index (χ4n) is 0.936. The number of aromatic nitrogens is 1. The second-order valence-electron chi connectivity index (χ2n) is 2.42. The Bertz CT molecular complexity index is 368. The largest absolute Gasteiger partial charge is 0.269 e. The van der Waals surface area contributed by atoms with Gasteiger partial charge in [0.05, 0.1) is 5.56 Å². The standard InChI is InChI=1S/C8H5F3N2/c1-4-2-5(9)7(8(10)11)6(3-12)13-4/h2,8H,1H3. The Morgan fingerprint density at radius 3 is 2.62 bits per heavy atom. The van der Waals surface area contributed by atoms with Gasteiger partial charge in [-0.15, -0.1) is 0 Å². The van der Waals surface area contributed by atoms with E-state index in [9.17, 15) is 13.2 Å². The third-order valence-electron chi connectivity index (χ3n) is 1.46. The lowest BCUT2D eigenvalue weighted by Gasteiger charge is -2.03. The average molecular weight is 186 g/mol. The zero-order valence-corrected chi connectivity index (χ0v) is 6.68. The summed E-state index contributed by atoms with van der Waals surface area (Å²) in [5.41, 5.74) is -1.26. The molecule has 0 radical (unpaired) electrons. The van der Waals surface area contributed by atoms with Gasteiger partial charge < -0.3 is 0 Å². The zero-order valence-electron chi connectivity index (χ0n) is 6.68. The fraction of sp³-hybridized carbons (Fsp3) is 0.250. The number of rotatable bonds is 1. The van der Waals surface area contributed by atoms with Crippen molar-refractivity contribution in [2.75, 3.05) is 0 Å². The monoisotopic (exact) mass is 186 g/mol. The molecule has 0 aliphatic heterocycles. The summed E-state index contributed by atoms with van der Waals surface area (Å²) in [6.07, 6.45) is -3.01. The van der Waals surface area contributed by atoms with Crippen LogP contribution in [0.4, 0.5) is 13.2 Å². The van der Waals surface area contributed by atoms with Crippen LogP contribution in [0.1, 0.15) is 23.4 Å². The number of nitriles is 1. The van der Waals surface area contributed by atoms with E-state index in [0.717, 1.165) is 6.07 Å². The lowest BCUT2D eigenvalue weighted by atomic mass is 10.2. The summed E-state index contributed by atoms with van der Waals surface area (Å²) in [7, 11) is 0. The number of pyridine rings is 1. The van der Waals surface area contributed by atoms with Crippen molar-refractivity contribution in [3.05, 3.63) is 28.8 Å². The molecule has 0 N–H and O–H groups in total. The summed E-state index contributed by atoms with van der Waals surface area (Å²) in [5.74, 6) is -1.08. The molecule has 0 spiro atoms. The highest BCUT2D eigenvalue weighted by molar-refractivity contribution is 5.34. The lowest BCUT2D eigenvalue weighted by Crippen LogP contribution is -2.00. The first kappa shape index (κ1) is 9.52. The van der Waals surface area contributed by atoms with E-state index in [4.69, 9.17) is 5.26 Å². The van der Waals surface area contributed by atoms with Gasteiger partial charge in [0.2, 0.25) is 0 Å². The van der Waals surface area contributed by atoms with E-state index in [-0.39, 0.29) is 5.69 Å². The van der Waals surface area contributed by atoms with Gasteiger partial charge in [0, 0.05) is 5.69 Å². The summed E-state index contributed by atoms with van der Waals surface area (Å²) in [6, 6.07) is 2.30. The average Bonchev–Trinajstić information content (AvgIpc) is 2.01. The number of nitrogens with zero attached hydrogens (tertiary/aromatic N) is 2. The van der Waals surface area contributed by atoms with Crippen molar-refractivity contribution in [3.8, 4) is 6.07 Å². The van der Waals surface area contributed by atoms with Crippen LogP contribution in [0.2, 0.25) is 0 Å². The summed E-state index contributed by atoms with van der Waals surface area (Å²) in [4.78, 5) is 3.49. The molecule has 2 nitrogen and oxygen atoms in total. The van der Waals surface area contributed by atoms with Crippen LogP contribution in [0.15, 0.2) is 6.07 Å². The van der Waals surface area contributed by atoms with Crippen LogP contribution in [-0.4, -0.2) is 4.98 Å². The van der Waals surface area contributed by atoms with Crippen molar-refractivity contribution in [2.45, 2.75) is 13.3 Å². The molecular formula is C8H5F3N2. The van der Waals surface area contributed by atoms with Crippen molar-refractivity contribution in [1.82, 2.24) is 4.98 Å². The first-order valence-corrected chi connectivity index (χ1v) is 3.41. The molecule has 0 aliphatic rings. The Balaban J connectivity index is 3.41. The van der Waals surface area contributed by atoms with Gasteiger partial charge in [0.25, 0.3) is 6.43 Å². The fourth-order valence-corrected chi connectivity index (χ4v) is 0.936. The molecule has 0 fully saturated rings. The minimum absolute atomic E-state index is 0.207. The van der Waals surface area contributed by atoms with E-state index >= 15 is 0 Å². The van der Waals surface area contributed by atoms with Crippen molar-refractivity contribution in [2.24, 2.45) is 0 Å². The van der Waals surface area contributed by atoms with E-state index in [1.54, 1.807) is 0 Å². The Hall–Kier alpha value is -1.57. The molecular weight excluding hydrogens is 181 g/mol. The summed E-state index contributed by atoms with van der Waals surface area (Å²) in [5, 5.41) is 8.40. The van der Waals surface area contributed by atoms with Gasteiger partial charge in [-0.05, 0) is 13.0 Å². The molecule has 1 aromatic rings. The molecule has 0 saturated carbocycles. The molecule has 0 unspecified atom stereocenters. The number of aryl methyl sites for hydroxylation is 1. The van der Waals surface area contributed by atoms with Gasteiger partial charge in [-0.1, -0.05) is 0 Å². The maximum atomic E-state index is 12.9. The van der Waals surface area contributed by atoms with Gasteiger partial charge in [-0.2, -0.15) is 5.26 Å². The maximum absolute atomic E-state index is 12.9. The molecule has 5 heteroatoms. The second-order valence-corrected chi connectivity index (χ2v) is 2.42. The van der Waals surface area contributed by atoms with E-state index in [1.807, 2.05) is 0 Å². The molecule has 0 bridgehead atoms. The van der Waals surface area contributed by atoms with Crippen molar-refractivity contribution < 1.29 is 13.2 Å². The number of hydrogen-bond acceptors (Lipinski definition) is 2. The van der Waals surface area contributed by atoms with Crippen molar-refractivity contribution >= 4 is 0 Å². The lowest BCUT2D eigenvalue weighted by molar-refractivity contribution is 0.145. The Morgan fingerprint density at radius 1 is 1.54 bits per heavy atom. The van der Waals surface area contributed by atoms with E-state index < -0.39 is 23.5 Å². The van der Waals surface area contributed by atoms with Gasteiger partial charge in [-0.25, -0.2) is 18.2 Å². The molecule has 68 valence electrons. The summed E-state index contributed by atoms with van der Waals surface area (Å²) < 4.78 is 37.2. The topological polar surface area (TPSA) is 36.7 Å². The Labute approximate surface area is 72.6 Å². The molecule has 0 atom stereocenters. The predicted molar refractivity (Wildman–Crippen MR) is 38.6 cm³/mol. The molecule has 0 aromatic carbocycles. The van der Waals surface area contributed by atoms with Gasteiger partial charge in [0.15, 0.2) is 5.69 Å². The van der Waals surface area contributed by atoms with E-state index in [0.29, 0.717) is 0 Å². The van der Waals surface area contributed by atoms with Crippen LogP contribution in [0.3, 0.4) is 0 Å². The van der Waals surface area contributed by atoms with Crippen LogP contribution in [-0.2, 0) is 0 Å². The van der Waals surface area contributed by atoms with Crippen LogP contribution >= 0.6 is 0 Å². The molecule has 0 saturated heterocycles. The molecule has 1 heterocycles. The minimum Gasteiger partial charge on any atom is -0.242 e. The minimum atomic E-state index is -3.01. The Morgan fingerprint density at radius 2 is 2.15 bits per heavy atom. The third-order valence-corrected chi connectivity index (χ3v) is 1.46. The first-order valence-electron chi connectivity index (χ1n) is 3.41. The number of hydrogen-bond donors (Lipinski definition) is 0. The van der Waals surface area contributed by atoms with Gasteiger partial charge in [-0.3, -0.25) is 0 Å². The predicted octanol–water partition coefficient (Wildman–Crippen LogP) is 2.34. The second kappa shape index (κ2) is 3.44. The molecule has 0 aliphatic carbocycles. The van der Waals surface area contributed by atoms with Crippen LogP contribution in [0.5, 0.6) is 0 Å². The van der Waals surface area contributed by atoms with Gasteiger partial charge >= 0.3 is 0 Å². The highest BCUT2D eigenvalue weighted by Gasteiger charge is 2.19. The number of alkyl halides is 2. The van der Waals surface area contributed by atoms with E-state index in [1.165, 1.54) is 13.0 Å². The summed E-state index contributed by atoms with van der Waals surface area (Å²) >= 11 is 0. The molecule has 1 rings (SSSR count). The quantitative estimate of drug-likeness (QED) is 0.674. The van der Waals surface area contributed by atoms with Crippen LogP contribution in [0.25, 0.3) is 0 Å². The molecule has 13 heavy (non-hydrogen) atoms. The highest BCUT2D eigenvalue weighted by Crippen LogP contribution is 2.24. The van der Waals surface area contributed by atoms with Crippen molar-refractivity contribution in [1.29, 1.82) is 5.26 Å². The van der Waals surface area contributed by atoms with Crippen LogP contribution in [0, 0.1) is 24.1 Å².